The molecule has 1 amide bonds. The Labute approximate surface area is 119 Å². The number of aromatic nitrogens is 2. The van der Waals surface area contributed by atoms with Crippen LogP contribution in [0.3, 0.4) is 0 Å². The van der Waals surface area contributed by atoms with Crippen molar-refractivity contribution in [2.75, 3.05) is 5.32 Å². The highest BCUT2D eigenvalue weighted by atomic mass is 35.5. The fraction of sp³-hybridized carbons (Fsp3) is 0.0833. The molecule has 0 fully saturated rings. The first-order valence-electron chi connectivity index (χ1n) is 5.38. The molecule has 19 heavy (non-hydrogen) atoms. The third-order valence-corrected chi connectivity index (χ3v) is 2.72. The molecule has 7 heteroatoms. The minimum absolute atomic E-state index is 0.0453. The molecule has 0 bridgehead atoms. The van der Waals surface area contributed by atoms with Gasteiger partial charge in [-0.2, -0.15) is 0 Å². The lowest BCUT2D eigenvalue weighted by molar-refractivity contribution is -0.117. The number of benzene rings is 1. The molecule has 98 valence electrons. The van der Waals surface area contributed by atoms with Crippen LogP contribution in [0.4, 0.5) is 5.82 Å². The fourth-order valence-corrected chi connectivity index (χ4v) is 1.88. The highest BCUT2D eigenvalue weighted by Crippen LogP contribution is 2.16. The standard InChI is InChI=1S/C12H10Cl2N4O/c13-8-6-9(18-12(14)16-8)17-11(19)10(15)7-4-2-1-3-5-7/h1-6,10H,15H2,(H,16,17,18,19). The minimum Gasteiger partial charge on any atom is -0.316 e. The Balaban J connectivity index is 2.13. The van der Waals surface area contributed by atoms with Crippen LogP contribution >= 0.6 is 23.2 Å². The van der Waals surface area contributed by atoms with Crippen LogP contribution in [-0.4, -0.2) is 15.9 Å². The first-order chi connectivity index (χ1) is 9.06. The Kier molecular flexibility index (Phi) is 4.31. The summed E-state index contributed by atoms with van der Waals surface area (Å²) in [4.78, 5) is 19.5. The van der Waals surface area contributed by atoms with E-state index >= 15 is 0 Å². The van der Waals surface area contributed by atoms with E-state index in [9.17, 15) is 4.79 Å². The van der Waals surface area contributed by atoms with Crippen molar-refractivity contribution in [3.8, 4) is 0 Å². The van der Waals surface area contributed by atoms with Crippen molar-refractivity contribution in [3.63, 3.8) is 0 Å². The second-order valence-electron chi connectivity index (χ2n) is 3.72. The number of nitrogens with two attached hydrogens (primary N) is 1. The predicted molar refractivity (Wildman–Crippen MR) is 74.1 cm³/mol. The number of hydrogen-bond acceptors (Lipinski definition) is 4. The molecule has 1 heterocycles. The predicted octanol–water partition coefficient (Wildman–Crippen LogP) is 2.42. The number of anilines is 1. The summed E-state index contributed by atoms with van der Waals surface area (Å²) in [6.07, 6.45) is 0. The van der Waals surface area contributed by atoms with E-state index in [0.717, 1.165) is 0 Å². The van der Waals surface area contributed by atoms with Crippen molar-refractivity contribution >= 4 is 34.9 Å². The van der Waals surface area contributed by atoms with Crippen LogP contribution in [-0.2, 0) is 4.79 Å². The van der Waals surface area contributed by atoms with Gasteiger partial charge in [0.2, 0.25) is 11.2 Å². The lowest BCUT2D eigenvalue weighted by Gasteiger charge is -2.12. The largest absolute Gasteiger partial charge is 0.316 e. The van der Waals surface area contributed by atoms with Crippen molar-refractivity contribution in [2.24, 2.45) is 5.73 Å². The van der Waals surface area contributed by atoms with Crippen LogP contribution < -0.4 is 11.1 Å². The summed E-state index contributed by atoms with van der Waals surface area (Å²) < 4.78 is 0. The van der Waals surface area contributed by atoms with E-state index in [4.69, 9.17) is 28.9 Å². The van der Waals surface area contributed by atoms with E-state index in [1.54, 1.807) is 24.3 Å². The van der Waals surface area contributed by atoms with E-state index < -0.39 is 11.9 Å². The Hall–Kier alpha value is -1.69. The minimum atomic E-state index is -0.797. The van der Waals surface area contributed by atoms with Crippen molar-refractivity contribution < 1.29 is 4.79 Å². The number of hydrogen-bond donors (Lipinski definition) is 2. The van der Waals surface area contributed by atoms with Gasteiger partial charge in [-0.3, -0.25) is 4.79 Å². The summed E-state index contributed by atoms with van der Waals surface area (Å²) in [5, 5.41) is 2.63. The van der Waals surface area contributed by atoms with Gasteiger partial charge in [-0.1, -0.05) is 41.9 Å². The topological polar surface area (TPSA) is 80.9 Å². The molecule has 1 atom stereocenters. The van der Waals surface area contributed by atoms with E-state index in [-0.39, 0.29) is 16.3 Å². The molecular formula is C12H10Cl2N4O. The smallest absolute Gasteiger partial charge is 0.247 e. The third-order valence-electron chi connectivity index (χ3n) is 2.36. The Morgan fingerprint density at radius 2 is 1.89 bits per heavy atom. The van der Waals surface area contributed by atoms with Gasteiger partial charge in [0.05, 0.1) is 0 Å². The maximum atomic E-state index is 12.0. The second-order valence-corrected chi connectivity index (χ2v) is 4.45. The third kappa shape index (κ3) is 3.64. The Bertz CT molecular complexity index is 571. The number of amides is 1. The van der Waals surface area contributed by atoms with Gasteiger partial charge in [-0.25, -0.2) is 9.97 Å². The summed E-state index contributed by atoms with van der Waals surface area (Å²) >= 11 is 11.4. The van der Waals surface area contributed by atoms with Gasteiger partial charge in [-0.15, -0.1) is 0 Å². The van der Waals surface area contributed by atoms with Gasteiger partial charge < -0.3 is 11.1 Å². The normalized spacial score (nSPS) is 11.9. The fourth-order valence-electron chi connectivity index (χ4n) is 1.47. The van der Waals surface area contributed by atoms with Crippen LogP contribution in [0.2, 0.25) is 10.4 Å². The second kappa shape index (κ2) is 5.97. The van der Waals surface area contributed by atoms with Crippen molar-refractivity contribution in [1.82, 2.24) is 9.97 Å². The summed E-state index contributed by atoms with van der Waals surface area (Å²) in [5.41, 5.74) is 6.54. The maximum absolute atomic E-state index is 12.0. The van der Waals surface area contributed by atoms with Gasteiger partial charge in [0, 0.05) is 6.07 Å². The summed E-state index contributed by atoms with van der Waals surface area (Å²) in [5.74, 6) is -0.196. The van der Waals surface area contributed by atoms with Crippen LogP contribution in [0, 0.1) is 0 Å². The van der Waals surface area contributed by atoms with Crippen LogP contribution in [0.25, 0.3) is 0 Å². The summed E-state index contributed by atoms with van der Waals surface area (Å²) in [6.45, 7) is 0. The number of rotatable bonds is 3. The molecule has 1 aromatic heterocycles. The zero-order valence-electron chi connectivity index (χ0n) is 9.68. The molecule has 0 aliphatic carbocycles. The molecule has 5 nitrogen and oxygen atoms in total. The Morgan fingerprint density at radius 3 is 2.53 bits per heavy atom. The molecule has 2 rings (SSSR count). The number of halogens is 2. The zero-order chi connectivity index (χ0) is 13.8. The van der Waals surface area contributed by atoms with E-state index in [0.29, 0.717) is 5.56 Å². The van der Waals surface area contributed by atoms with E-state index in [1.807, 2.05) is 6.07 Å². The van der Waals surface area contributed by atoms with Gasteiger partial charge in [-0.05, 0) is 17.2 Å². The van der Waals surface area contributed by atoms with Crippen LogP contribution in [0.5, 0.6) is 0 Å². The van der Waals surface area contributed by atoms with Gasteiger partial charge in [0.25, 0.3) is 0 Å². The van der Waals surface area contributed by atoms with Crippen molar-refractivity contribution in [2.45, 2.75) is 6.04 Å². The van der Waals surface area contributed by atoms with Crippen molar-refractivity contribution in [1.29, 1.82) is 0 Å². The molecule has 2 aromatic rings. The molecular weight excluding hydrogens is 287 g/mol. The SMILES string of the molecule is NC(C(=O)Nc1cc(Cl)nc(Cl)n1)c1ccccc1. The maximum Gasteiger partial charge on any atom is 0.247 e. The van der Waals surface area contributed by atoms with Gasteiger partial charge in [0.1, 0.15) is 17.0 Å². The monoisotopic (exact) mass is 296 g/mol. The van der Waals surface area contributed by atoms with Crippen molar-refractivity contribution in [3.05, 3.63) is 52.4 Å². The highest BCUT2D eigenvalue weighted by molar-refractivity contribution is 6.32. The highest BCUT2D eigenvalue weighted by Gasteiger charge is 2.16. The Morgan fingerprint density at radius 1 is 1.21 bits per heavy atom. The van der Waals surface area contributed by atoms with Gasteiger partial charge in [0.15, 0.2) is 0 Å². The molecule has 0 radical (unpaired) electrons. The molecule has 1 aromatic carbocycles. The molecule has 1 unspecified atom stereocenters. The molecule has 0 saturated carbocycles. The quantitative estimate of drug-likeness (QED) is 0.673. The lowest BCUT2D eigenvalue weighted by atomic mass is 10.1. The molecule has 3 N–H and O–H groups in total. The average Bonchev–Trinajstić information content (AvgIpc) is 2.37. The van der Waals surface area contributed by atoms with Gasteiger partial charge >= 0.3 is 0 Å². The number of carbonyl (C=O) groups is 1. The summed E-state index contributed by atoms with van der Waals surface area (Å²) in [6, 6.07) is 9.59. The lowest BCUT2D eigenvalue weighted by Crippen LogP contribution is -2.28. The zero-order valence-corrected chi connectivity index (χ0v) is 11.2. The summed E-state index contributed by atoms with van der Waals surface area (Å²) in [7, 11) is 0. The number of carbonyl (C=O) groups excluding carboxylic acids is 1. The van der Waals surface area contributed by atoms with E-state index in [2.05, 4.69) is 15.3 Å². The molecule has 0 aliphatic rings. The van der Waals surface area contributed by atoms with E-state index in [1.165, 1.54) is 6.07 Å². The first kappa shape index (κ1) is 13.7. The number of nitrogens with zero attached hydrogens (tertiary/aromatic N) is 2. The number of nitrogens with one attached hydrogen (secondary N) is 1. The van der Waals surface area contributed by atoms with Crippen LogP contribution in [0.1, 0.15) is 11.6 Å². The molecule has 0 spiro atoms. The molecule has 0 aliphatic heterocycles. The molecule has 0 saturated heterocycles. The first-order valence-corrected chi connectivity index (χ1v) is 6.13. The average molecular weight is 297 g/mol. The van der Waals surface area contributed by atoms with Crippen LogP contribution in [0.15, 0.2) is 36.4 Å².